The van der Waals surface area contributed by atoms with Gasteiger partial charge in [-0.05, 0) is 32.2 Å². The minimum Gasteiger partial charge on any atom is -0.352 e. The molecule has 5 heteroatoms. The number of amides is 1. The average Bonchev–Trinajstić information content (AvgIpc) is 2.34. The summed E-state index contributed by atoms with van der Waals surface area (Å²) in [5, 5.41) is 2.87. The van der Waals surface area contributed by atoms with Gasteiger partial charge in [0.15, 0.2) is 0 Å². The van der Waals surface area contributed by atoms with Crippen molar-refractivity contribution >= 4 is 5.91 Å². The maximum absolute atomic E-state index is 12.0. The van der Waals surface area contributed by atoms with E-state index in [-0.39, 0.29) is 11.8 Å². The fraction of sp³-hybridized carbons (Fsp3) is 0.615. The predicted octanol–water partition coefficient (Wildman–Crippen LogP) is 1.38. The van der Waals surface area contributed by atoms with Crippen LogP contribution in [0.3, 0.4) is 0 Å². The first kappa shape index (κ1) is 14.6. The smallest absolute Gasteiger partial charge is 0.254 e. The zero-order valence-electron chi connectivity index (χ0n) is 11.4. The van der Waals surface area contributed by atoms with Gasteiger partial charge in [-0.2, -0.15) is 0 Å². The number of nitrogens with one attached hydrogen (secondary N) is 1. The zero-order chi connectivity index (χ0) is 13.5. The summed E-state index contributed by atoms with van der Waals surface area (Å²) < 4.78 is 0. The highest BCUT2D eigenvalue weighted by molar-refractivity contribution is 5.95. The molecule has 0 aliphatic rings. The Bertz CT molecular complexity index is 404. The first-order valence-corrected chi connectivity index (χ1v) is 6.38. The Morgan fingerprint density at radius 1 is 1.44 bits per heavy atom. The van der Waals surface area contributed by atoms with Crippen LogP contribution >= 0.6 is 0 Å². The number of unbranched alkanes of at least 4 members (excludes halogenated alkanes) is 1. The number of aryl methyl sites for hydroxylation is 1. The van der Waals surface area contributed by atoms with Gasteiger partial charge in [0, 0.05) is 12.7 Å². The third kappa shape index (κ3) is 4.07. The standard InChI is InChI=1S/C13H22N4O/c1-9(2)12-11(8-16-10(3)17-12)13(18)15-7-5-4-6-14/h8-9H,4-7,14H2,1-3H3,(H,15,18). The molecule has 100 valence electrons. The van der Waals surface area contributed by atoms with E-state index in [4.69, 9.17) is 5.73 Å². The van der Waals surface area contributed by atoms with Crippen LogP contribution in [0.15, 0.2) is 6.20 Å². The van der Waals surface area contributed by atoms with Crippen LogP contribution in [0.4, 0.5) is 0 Å². The molecule has 1 amide bonds. The van der Waals surface area contributed by atoms with E-state index in [2.05, 4.69) is 15.3 Å². The Morgan fingerprint density at radius 3 is 2.78 bits per heavy atom. The number of carbonyl (C=O) groups excluding carboxylic acids is 1. The molecule has 5 nitrogen and oxygen atoms in total. The summed E-state index contributed by atoms with van der Waals surface area (Å²) in [7, 11) is 0. The maximum atomic E-state index is 12.0. The van der Waals surface area contributed by atoms with Crippen molar-refractivity contribution in [1.29, 1.82) is 0 Å². The van der Waals surface area contributed by atoms with E-state index >= 15 is 0 Å². The minimum absolute atomic E-state index is 0.101. The van der Waals surface area contributed by atoms with Crippen LogP contribution in [-0.4, -0.2) is 29.0 Å². The number of nitrogens with two attached hydrogens (primary N) is 1. The molecule has 0 saturated carbocycles. The van der Waals surface area contributed by atoms with Crippen LogP contribution in [0.2, 0.25) is 0 Å². The molecule has 0 saturated heterocycles. The Hall–Kier alpha value is -1.49. The Balaban J connectivity index is 2.72. The molecule has 0 bridgehead atoms. The summed E-state index contributed by atoms with van der Waals surface area (Å²) in [6.07, 6.45) is 3.42. The monoisotopic (exact) mass is 250 g/mol. The lowest BCUT2D eigenvalue weighted by Crippen LogP contribution is -2.27. The fourth-order valence-corrected chi connectivity index (χ4v) is 1.67. The third-order valence-corrected chi connectivity index (χ3v) is 2.65. The van der Waals surface area contributed by atoms with Crippen molar-refractivity contribution in [2.45, 2.75) is 39.5 Å². The molecular weight excluding hydrogens is 228 g/mol. The number of carbonyl (C=O) groups is 1. The maximum Gasteiger partial charge on any atom is 0.254 e. The van der Waals surface area contributed by atoms with E-state index in [0.717, 1.165) is 18.5 Å². The molecule has 1 heterocycles. The number of hydrogen-bond donors (Lipinski definition) is 2. The molecule has 1 aromatic heterocycles. The summed E-state index contributed by atoms with van der Waals surface area (Å²) in [6, 6.07) is 0. The van der Waals surface area contributed by atoms with Gasteiger partial charge in [-0.25, -0.2) is 9.97 Å². The van der Waals surface area contributed by atoms with E-state index in [1.165, 1.54) is 0 Å². The molecule has 0 radical (unpaired) electrons. The summed E-state index contributed by atoms with van der Waals surface area (Å²) in [4.78, 5) is 20.5. The molecule has 18 heavy (non-hydrogen) atoms. The highest BCUT2D eigenvalue weighted by Gasteiger charge is 2.15. The second-order valence-corrected chi connectivity index (χ2v) is 4.62. The average molecular weight is 250 g/mol. The third-order valence-electron chi connectivity index (χ3n) is 2.65. The van der Waals surface area contributed by atoms with Crippen molar-refractivity contribution in [1.82, 2.24) is 15.3 Å². The number of nitrogens with zero attached hydrogens (tertiary/aromatic N) is 2. The molecule has 0 spiro atoms. The van der Waals surface area contributed by atoms with Crippen molar-refractivity contribution in [2.24, 2.45) is 5.73 Å². The lowest BCUT2D eigenvalue weighted by molar-refractivity contribution is 0.0951. The van der Waals surface area contributed by atoms with Crippen molar-refractivity contribution in [3.05, 3.63) is 23.3 Å². The Kier molecular flexibility index (Phi) is 5.71. The lowest BCUT2D eigenvalue weighted by Gasteiger charge is -2.12. The lowest BCUT2D eigenvalue weighted by atomic mass is 10.0. The van der Waals surface area contributed by atoms with E-state index in [1.807, 2.05) is 20.8 Å². The van der Waals surface area contributed by atoms with Crippen LogP contribution in [-0.2, 0) is 0 Å². The summed E-state index contributed by atoms with van der Waals surface area (Å²) in [5.41, 5.74) is 6.78. The zero-order valence-corrected chi connectivity index (χ0v) is 11.4. The van der Waals surface area contributed by atoms with Crippen molar-refractivity contribution in [2.75, 3.05) is 13.1 Å². The van der Waals surface area contributed by atoms with E-state index in [1.54, 1.807) is 6.20 Å². The highest BCUT2D eigenvalue weighted by Crippen LogP contribution is 2.16. The van der Waals surface area contributed by atoms with Gasteiger partial charge in [-0.1, -0.05) is 13.8 Å². The number of aromatic nitrogens is 2. The van der Waals surface area contributed by atoms with Gasteiger partial charge in [0.05, 0.1) is 11.3 Å². The van der Waals surface area contributed by atoms with Gasteiger partial charge in [-0.3, -0.25) is 4.79 Å². The molecule has 1 aromatic rings. The molecule has 0 aliphatic heterocycles. The number of hydrogen-bond acceptors (Lipinski definition) is 4. The van der Waals surface area contributed by atoms with Gasteiger partial charge in [0.2, 0.25) is 0 Å². The molecule has 1 rings (SSSR count). The fourth-order valence-electron chi connectivity index (χ4n) is 1.67. The Labute approximate surface area is 108 Å². The van der Waals surface area contributed by atoms with Gasteiger partial charge in [0.1, 0.15) is 5.82 Å². The van der Waals surface area contributed by atoms with Crippen molar-refractivity contribution < 1.29 is 4.79 Å². The van der Waals surface area contributed by atoms with Crippen molar-refractivity contribution in [3.63, 3.8) is 0 Å². The second-order valence-electron chi connectivity index (χ2n) is 4.62. The molecule has 0 fully saturated rings. The van der Waals surface area contributed by atoms with Crippen LogP contribution in [0.25, 0.3) is 0 Å². The quantitative estimate of drug-likeness (QED) is 0.747. The largest absolute Gasteiger partial charge is 0.352 e. The normalized spacial score (nSPS) is 10.7. The number of rotatable bonds is 6. The molecule has 3 N–H and O–H groups in total. The molecule has 0 atom stereocenters. The van der Waals surface area contributed by atoms with Gasteiger partial charge >= 0.3 is 0 Å². The highest BCUT2D eigenvalue weighted by atomic mass is 16.1. The SMILES string of the molecule is Cc1ncc(C(=O)NCCCCN)c(C(C)C)n1. The van der Waals surface area contributed by atoms with Crippen LogP contribution in [0.5, 0.6) is 0 Å². The van der Waals surface area contributed by atoms with Crippen molar-refractivity contribution in [3.8, 4) is 0 Å². The molecule has 0 aliphatic carbocycles. The van der Waals surface area contributed by atoms with E-state index in [0.29, 0.717) is 24.5 Å². The second kappa shape index (κ2) is 7.06. The molecular formula is C13H22N4O. The summed E-state index contributed by atoms with van der Waals surface area (Å²) in [6.45, 7) is 7.16. The van der Waals surface area contributed by atoms with Crippen LogP contribution in [0.1, 0.15) is 54.5 Å². The Morgan fingerprint density at radius 2 is 2.17 bits per heavy atom. The van der Waals surface area contributed by atoms with E-state index < -0.39 is 0 Å². The van der Waals surface area contributed by atoms with Crippen LogP contribution in [0, 0.1) is 6.92 Å². The minimum atomic E-state index is -0.101. The summed E-state index contributed by atoms with van der Waals surface area (Å²) in [5.74, 6) is 0.797. The predicted molar refractivity (Wildman–Crippen MR) is 71.5 cm³/mol. The molecule has 0 aromatic carbocycles. The summed E-state index contributed by atoms with van der Waals surface area (Å²) >= 11 is 0. The van der Waals surface area contributed by atoms with Gasteiger partial charge in [0.25, 0.3) is 5.91 Å². The van der Waals surface area contributed by atoms with Crippen LogP contribution < -0.4 is 11.1 Å². The first-order chi connectivity index (χ1) is 8.56. The topological polar surface area (TPSA) is 80.9 Å². The van der Waals surface area contributed by atoms with Gasteiger partial charge in [-0.15, -0.1) is 0 Å². The van der Waals surface area contributed by atoms with E-state index in [9.17, 15) is 4.79 Å². The first-order valence-electron chi connectivity index (χ1n) is 6.38. The molecule has 0 unspecified atom stereocenters. The van der Waals surface area contributed by atoms with Gasteiger partial charge < -0.3 is 11.1 Å².